The van der Waals surface area contributed by atoms with E-state index in [9.17, 15) is 0 Å². The quantitative estimate of drug-likeness (QED) is 0.505. The van der Waals surface area contributed by atoms with E-state index in [1.807, 2.05) is 18.2 Å². The Morgan fingerprint density at radius 2 is 1.92 bits per heavy atom. The van der Waals surface area contributed by atoms with E-state index >= 15 is 0 Å². The summed E-state index contributed by atoms with van der Waals surface area (Å²) in [4.78, 5) is 3.59. The largest absolute Gasteiger partial charge is 0.396 e. The van der Waals surface area contributed by atoms with Gasteiger partial charge in [-0.15, -0.1) is 0 Å². The zero-order valence-corrected chi connectivity index (χ0v) is 14.2. The van der Waals surface area contributed by atoms with Gasteiger partial charge >= 0.3 is 0 Å². The third-order valence-corrected chi connectivity index (χ3v) is 4.70. The molecular formula is C21H22N2O. The minimum Gasteiger partial charge on any atom is -0.396 e. The van der Waals surface area contributed by atoms with Gasteiger partial charge in [-0.3, -0.25) is 0 Å². The SMILES string of the molecule is [C-]#[N+]c1ccc2c(c1)c(-c1cccc(C)c1C)cn2CCCCO. The summed E-state index contributed by atoms with van der Waals surface area (Å²) in [5, 5.41) is 10.2. The molecule has 0 radical (unpaired) electrons. The number of aliphatic hydroxyl groups excluding tert-OH is 1. The van der Waals surface area contributed by atoms with Crippen molar-refractivity contribution in [1.82, 2.24) is 4.57 Å². The number of aliphatic hydroxyl groups is 1. The Balaban J connectivity index is 2.19. The number of nitrogens with zero attached hydrogens (tertiary/aromatic N) is 2. The Hall–Kier alpha value is -2.57. The first-order valence-electron chi connectivity index (χ1n) is 8.33. The van der Waals surface area contributed by atoms with E-state index in [2.05, 4.69) is 47.7 Å². The van der Waals surface area contributed by atoms with Gasteiger partial charge in [0.2, 0.25) is 0 Å². The molecule has 0 aliphatic carbocycles. The highest BCUT2D eigenvalue weighted by Crippen LogP contribution is 2.35. The molecule has 24 heavy (non-hydrogen) atoms. The molecule has 0 atom stereocenters. The molecular weight excluding hydrogens is 296 g/mol. The number of aryl methyl sites for hydroxylation is 2. The smallest absolute Gasteiger partial charge is 0.188 e. The van der Waals surface area contributed by atoms with Crippen LogP contribution < -0.4 is 0 Å². The Kier molecular flexibility index (Phi) is 4.69. The summed E-state index contributed by atoms with van der Waals surface area (Å²) in [6, 6.07) is 12.3. The lowest BCUT2D eigenvalue weighted by Crippen LogP contribution is -1.97. The van der Waals surface area contributed by atoms with Crippen LogP contribution in [0.15, 0.2) is 42.6 Å². The first-order valence-corrected chi connectivity index (χ1v) is 8.33. The van der Waals surface area contributed by atoms with Crippen LogP contribution in [0.1, 0.15) is 24.0 Å². The zero-order valence-electron chi connectivity index (χ0n) is 14.2. The fraction of sp³-hybridized carbons (Fsp3) is 0.286. The summed E-state index contributed by atoms with van der Waals surface area (Å²) in [5.41, 5.74) is 6.78. The van der Waals surface area contributed by atoms with Crippen LogP contribution in [0.25, 0.3) is 26.9 Å². The Morgan fingerprint density at radius 1 is 1.08 bits per heavy atom. The van der Waals surface area contributed by atoms with Gasteiger partial charge in [-0.2, -0.15) is 0 Å². The summed E-state index contributed by atoms with van der Waals surface area (Å²) in [6.45, 7) is 12.7. The molecule has 0 aliphatic rings. The van der Waals surface area contributed by atoms with E-state index < -0.39 is 0 Å². The van der Waals surface area contributed by atoms with Gasteiger partial charge in [0.15, 0.2) is 5.69 Å². The standard InChI is InChI=1S/C21H22N2O/c1-15-7-6-8-18(16(15)2)20-14-23(11-4-5-12-24)21-10-9-17(22-3)13-19(20)21/h6-10,13-14,24H,4-5,11-12H2,1-2H3. The molecule has 2 aromatic carbocycles. The van der Waals surface area contributed by atoms with Crippen molar-refractivity contribution in [2.75, 3.05) is 6.61 Å². The van der Waals surface area contributed by atoms with Gasteiger partial charge in [0.25, 0.3) is 0 Å². The van der Waals surface area contributed by atoms with Crippen molar-refractivity contribution in [3.05, 3.63) is 65.1 Å². The predicted octanol–water partition coefficient (Wildman–Crippen LogP) is 5.25. The first-order chi connectivity index (χ1) is 11.7. The molecule has 0 saturated heterocycles. The van der Waals surface area contributed by atoms with Gasteiger partial charge in [-0.05, 0) is 60.9 Å². The summed E-state index contributed by atoms with van der Waals surface area (Å²) in [7, 11) is 0. The second kappa shape index (κ2) is 6.90. The third-order valence-electron chi connectivity index (χ3n) is 4.70. The van der Waals surface area contributed by atoms with Gasteiger partial charge in [-0.1, -0.05) is 24.3 Å². The van der Waals surface area contributed by atoms with Crippen LogP contribution in [0.4, 0.5) is 5.69 Å². The van der Waals surface area contributed by atoms with Crippen LogP contribution in [-0.2, 0) is 6.54 Å². The van der Waals surface area contributed by atoms with E-state index in [1.54, 1.807) is 0 Å². The van der Waals surface area contributed by atoms with E-state index in [-0.39, 0.29) is 6.61 Å². The second-order valence-electron chi connectivity index (χ2n) is 6.23. The molecule has 3 heteroatoms. The maximum atomic E-state index is 9.03. The first kappa shape index (κ1) is 16.3. The molecule has 1 heterocycles. The number of rotatable bonds is 5. The fourth-order valence-electron chi connectivity index (χ4n) is 3.19. The number of fused-ring (bicyclic) bond motifs is 1. The predicted molar refractivity (Wildman–Crippen MR) is 99.4 cm³/mol. The summed E-state index contributed by atoms with van der Waals surface area (Å²) < 4.78 is 2.25. The maximum absolute atomic E-state index is 9.03. The molecule has 0 spiro atoms. The fourth-order valence-corrected chi connectivity index (χ4v) is 3.19. The van der Waals surface area contributed by atoms with E-state index in [0.717, 1.165) is 30.3 Å². The normalized spacial score (nSPS) is 10.9. The monoisotopic (exact) mass is 318 g/mol. The Bertz CT molecular complexity index is 915. The van der Waals surface area contributed by atoms with Crippen LogP contribution in [0.3, 0.4) is 0 Å². The summed E-state index contributed by atoms with van der Waals surface area (Å²) >= 11 is 0. The van der Waals surface area contributed by atoms with Crippen molar-refractivity contribution in [3.63, 3.8) is 0 Å². The molecule has 0 aliphatic heterocycles. The van der Waals surface area contributed by atoms with Gasteiger partial charge in [0, 0.05) is 30.4 Å². The van der Waals surface area contributed by atoms with Crippen molar-refractivity contribution in [3.8, 4) is 11.1 Å². The molecule has 0 saturated carbocycles. The second-order valence-corrected chi connectivity index (χ2v) is 6.23. The van der Waals surface area contributed by atoms with Crippen molar-refractivity contribution >= 4 is 16.6 Å². The van der Waals surface area contributed by atoms with Gasteiger partial charge < -0.3 is 9.67 Å². The minimum atomic E-state index is 0.227. The molecule has 3 rings (SSSR count). The highest BCUT2D eigenvalue weighted by Gasteiger charge is 2.13. The average molecular weight is 318 g/mol. The molecule has 1 N–H and O–H groups in total. The van der Waals surface area contributed by atoms with Crippen LogP contribution in [-0.4, -0.2) is 16.3 Å². The summed E-state index contributed by atoms with van der Waals surface area (Å²) in [6.07, 6.45) is 3.94. The third kappa shape index (κ3) is 2.93. The number of hydrogen-bond donors (Lipinski definition) is 1. The topological polar surface area (TPSA) is 29.5 Å². The lowest BCUT2D eigenvalue weighted by molar-refractivity contribution is 0.281. The molecule has 1 aromatic heterocycles. The van der Waals surface area contributed by atoms with E-state index in [4.69, 9.17) is 11.7 Å². The molecule has 0 unspecified atom stereocenters. The molecule has 3 aromatic rings. The number of unbranched alkanes of at least 4 members (excludes halogenated alkanes) is 1. The highest BCUT2D eigenvalue weighted by atomic mass is 16.2. The van der Waals surface area contributed by atoms with Gasteiger partial charge in [-0.25, -0.2) is 4.85 Å². The van der Waals surface area contributed by atoms with E-state index in [1.165, 1.54) is 22.3 Å². The van der Waals surface area contributed by atoms with Crippen molar-refractivity contribution in [2.45, 2.75) is 33.2 Å². The van der Waals surface area contributed by atoms with Crippen molar-refractivity contribution in [1.29, 1.82) is 0 Å². The highest BCUT2D eigenvalue weighted by molar-refractivity contribution is 5.98. The van der Waals surface area contributed by atoms with Gasteiger partial charge in [0.05, 0.1) is 6.57 Å². The molecule has 3 nitrogen and oxygen atoms in total. The van der Waals surface area contributed by atoms with Crippen LogP contribution in [0.2, 0.25) is 0 Å². The average Bonchev–Trinajstić information content (AvgIpc) is 2.95. The minimum absolute atomic E-state index is 0.227. The maximum Gasteiger partial charge on any atom is 0.188 e. The summed E-state index contributed by atoms with van der Waals surface area (Å²) in [5.74, 6) is 0. The number of benzene rings is 2. The Labute approximate surface area is 143 Å². The Morgan fingerprint density at radius 3 is 2.67 bits per heavy atom. The zero-order chi connectivity index (χ0) is 17.1. The molecule has 122 valence electrons. The molecule has 0 fully saturated rings. The van der Waals surface area contributed by atoms with Gasteiger partial charge in [0.1, 0.15) is 0 Å². The van der Waals surface area contributed by atoms with Crippen LogP contribution in [0.5, 0.6) is 0 Å². The molecule has 0 amide bonds. The van der Waals surface area contributed by atoms with E-state index in [0.29, 0.717) is 5.69 Å². The van der Waals surface area contributed by atoms with Crippen molar-refractivity contribution < 1.29 is 5.11 Å². The lowest BCUT2D eigenvalue weighted by Gasteiger charge is -2.07. The van der Waals surface area contributed by atoms with Crippen molar-refractivity contribution in [2.24, 2.45) is 0 Å². The molecule has 0 bridgehead atoms. The number of hydrogen-bond acceptors (Lipinski definition) is 1. The lowest BCUT2D eigenvalue weighted by atomic mass is 9.97. The van der Waals surface area contributed by atoms with Crippen LogP contribution >= 0.6 is 0 Å². The van der Waals surface area contributed by atoms with Crippen LogP contribution in [0, 0.1) is 20.4 Å². The number of aromatic nitrogens is 1.